The molecule has 2 heteroatoms. The molecule has 84 valence electrons. The maximum atomic E-state index is 4.39. The highest BCUT2D eigenvalue weighted by molar-refractivity contribution is 7.80. The van der Waals surface area contributed by atoms with Crippen LogP contribution < -0.4 is 0 Å². The maximum Gasteiger partial charge on any atom is 0.00144 e. The molecule has 1 atom stereocenters. The maximum absolute atomic E-state index is 4.39. The zero-order valence-corrected chi connectivity index (χ0v) is 10.6. The van der Waals surface area contributed by atoms with Crippen molar-refractivity contribution < 1.29 is 0 Å². The van der Waals surface area contributed by atoms with Gasteiger partial charge in [-0.3, -0.25) is 0 Å². The van der Waals surface area contributed by atoms with Crippen LogP contribution in [0.25, 0.3) is 0 Å². The van der Waals surface area contributed by atoms with Gasteiger partial charge in [-0.1, -0.05) is 26.2 Å². The van der Waals surface area contributed by atoms with Gasteiger partial charge in [-0.15, -0.1) is 0 Å². The molecule has 1 aliphatic rings. The van der Waals surface area contributed by atoms with Crippen molar-refractivity contribution in [3.05, 3.63) is 0 Å². The molecule has 14 heavy (non-hydrogen) atoms. The quantitative estimate of drug-likeness (QED) is 0.667. The molecule has 1 nitrogen and oxygen atoms in total. The van der Waals surface area contributed by atoms with Gasteiger partial charge in [0, 0.05) is 13.1 Å². The monoisotopic (exact) mass is 215 g/mol. The van der Waals surface area contributed by atoms with Crippen molar-refractivity contribution in [3.8, 4) is 0 Å². The van der Waals surface area contributed by atoms with E-state index in [1.165, 1.54) is 45.2 Å². The van der Waals surface area contributed by atoms with Crippen molar-refractivity contribution in [1.82, 2.24) is 4.90 Å². The second-order valence-corrected chi connectivity index (χ2v) is 5.19. The van der Waals surface area contributed by atoms with E-state index in [1.54, 1.807) is 0 Å². The Hall–Kier alpha value is 0.310. The van der Waals surface area contributed by atoms with E-state index in [9.17, 15) is 0 Å². The van der Waals surface area contributed by atoms with Crippen LogP contribution in [0.2, 0.25) is 0 Å². The molecular formula is C12H25NS. The summed E-state index contributed by atoms with van der Waals surface area (Å²) in [5.41, 5.74) is 0. The van der Waals surface area contributed by atoms with Crippen molar-refractivity contribution in [1.29, 1.82) is 0 Å². The van der Waals surface area contributed by atoms with Crippen molar-refractivity contribution in [2.24, 2.45) is 11.8 Å². The number of thiol groups is 1. The summed E-state index contributed by atoms with van der Waals surface area (Å²) < 4.78 is 0. The Morgan fingerprint density at radius 3 is 2.50 bits per heavy atom. The van der Waals surface area contributed by atoms with Crippen molar-refractivity contribution in [2.45, 2.75) is 39.0 Å². The van der Waals surface area contributed by atoms with Crippen LogP contribution in [0.4, 0.5) is 0 Å². The molecule has 0 amide bonds. The summed E-state index contributed by atoms with van der Waals surface area (Å²) in [7, 11) is 2.27. The van der Waals surface area contributed by atoms with E-state index in [1.807, 2.05) is 0 Å². The first kappa shape index (κ1) is 12.4. The average Bonchev–Trinajstić information content (AvgIpc) is 2.66. The van der Waals surface area contributed by atoms with Crippen LogP contribution >= 0.6 is 12.6 Å². The lowest BCUT2D eigenvalue weighted by Crippen LogP contribution is -2.30. The normalized spacial score (nSPS) is 20.6. The fourth-order valence-corrected chi connectivity index (χ4v) is 2.84. The van der Waals surface area contributed by atoms with E-state index in [-0.39, 0.29) is 0 Å². The summed E-state index contributed by atoms with van der Waals surface area (Å²) >= 11 is 4.39. The highest BCUT2D eigenvalue weighted by atomic mass is 32.1. The molecule has 0 saturated heterocycles. The van der Waals surface area contributed by atoms with Gasteiger partial charge in [0.15, 0.2) is 0 Å². The summed E-state index contributed by atoms with van der Waals surface area (Å²) in [4.78, 5) is 2.51. The zero-order chi connectivity index (χ0) is 10.4. The molecule has 0 bridgehead atoms. The van der Waals surface area contributed by atoms with E-state index in [4.69, 9.17) is 0 Å². The molecule has 1 unspecified atom stereocenters. The van der Waals surface area contributed by atoms with Crippen LogP contribution in [0, 0.1) is 11.8 Å². The molecule has 1 aliphatic carbocycles. The third-order valence-electron chi connectivity index (χ3n) is 3.45. The Morgan fingerprint density at radius 1 is 1.36 bits per heavy atom. The molecule has 0 aromatic carbocycles. The molecule has 0 heterocycles. The summed E-state index contributed by atoms with van der Waals surface area (Å²) in [6.45, 7) is 4.81. The highest BCUT2D eigenvalue weighted by Gasteiger charge is 2.17. The Morgan fingerprint density at radius 2 is 2.00 bits per heavy atom. The highest BCUT2D eigenvalue weighted by Crippen LogP contribution is 2.25. The van der Waals surface area contributed by atoms with Gasteiger partial charge in [0.05, 0.1) is 0 Å². The topological polar surface area (TPSA) is 3.24 Å². The molecule has 0 N–H and O–H groups in total. The van der Waals surface area contributed by atoms with E-state index in [2.05, 4.69) is 31.5 Å². The first-order chi connectivity index (χ1) is 6.76. The van der Waals surface area contributed by atoms with Crippen molar-refractivity contribution in [2.75, 3.05) is 25.9 Å². The van der Waals surface area contributed by atoms with Gasteiger partial charge < -0.3 is 4.90 Å². The molecule has 0 aliphatic heterocycles. The van der Waals surface area contributed by atoms with Crippen LogP contribution in [0.3, 0.4) is 0 Å². The second kappa shape index (κ2) is 6.73. The minimum atomic E-state index is 0.782. The third-order valence-corrected chi connectivity index (χ3v) is 3.97. The summed E-state index contributed by atoms with van der Waals surface area (Å²) in [6, 6.07) is 0. The minimum Gasteiger partial charge on any atom is -0.306 e. The van der Waals surface area contributed by atoms with Crippen LogP contribution in [-0.2, 0) is 0 Å². The minimum absolute atomic E-state index is 0.782. The van der Waals surface area contributed by atoms with E-state index in [0.29, 0.717) is 0 Å². The Balaban J connectivity index is 2.16. The molecule has 1 fully saturated rings. The lowest BCUT2D eigenvalue weighted by molar-refractivity contribution is 0.244. The fraction of sp³-hybridized carbons (Fsp3) is 1.00. The molecule has 0 aromatic heterocycles. The largest absolute Gasteiger partial charge is 0.306 e. The Labute approximate surface area is 94.7 Å². The molecule has 1 rings (SSSR count). The van der Waals surface area contributed by atoms with E-state index >= 15 is 0 Å². The second-order valence-electron chi connectivity index (χ2n) is 4.83. The van der Waals surface area contributed by atoms with Crippen LogP contribution in [0.15, 0.2) is 0 Å². The Bertz CT molecular complexity index is 135. The number of nitrogens with zero attached hydrogens (tertiary/aromatic N) is 1. The first-order valence-electron chi connectivity index (χ1n) is 6.05. The molecule has 0 radical (unpaired) electrons. The van der Waals surface area contributed by atoms with Crippen molar-refractivity contribution in [3.63, 3.8) is 0 Å². The van der Waals surface area contributed by atoms with Crippen LogP contribution in [-0.4, -0.2) is 30.8 Å². The molecule has 0 spiro atoms. The molecule has 0 aromatic rings. The summed E-state index contributed by atoms with van der Waals surface area (Å²) in [5.74, 6) is 2.80. The standard InChI is InChI=1S/C12H25NS/c1-3-11(10-14)8-13(2)9-12-6-4-5-7-12/h11-12,14H,3-10H2,1-2H3. The number of hydrogen-bond donors (Lipinski definition) is 1. The van der Waals surface area contributed by atoms with Crippen LogP contribution in [0.1, 0.15) is 39.0 Å². The lowest BCUT2D eigenvalue weighted by Gasteiger charge is -2.24. The predicted octanol–water partition coefficient (Wildman–Crippen LogP) is 3.06. The van der Waals surface area contributed by atoms with Crippen molar-refractivity contribution >= 4 is 12.6 Å². The summed E-state index contributed by atoms with van der Waals surface area (Å²) in [5, 5.41) is 0. The van der Waals surface area contributed by atoms with Crippen LogP contribution in [0.5, 0.6) is 0 Å². The van der Waals surface area contributed by atoms with E-state index in [0.717, 1.165) is 17.6 Å². The SMILES string of the molecule is CCC(CS)CN(C)CC1CCCC1. The predicted molar refractivity (Wildman–Crippen MR) is 67.1 cm³/mol. The number of rotatable bonds is 6. The smallest absolute Gasteiger partial charge is 0.00144 e. The third kappa shape index (κ3) is 4.22. The van der Waals surface area contributed by atoms with Gasteiger partial charge in [0.25, 0.3) is 0 Å². The fourth-order valence-electron chi connectivity index (χ4n) is 2.46. The van der Waals surface area contributed by atoms with Gasteiger partial charge in [-0.25, -0.2) is 0 Å². The van der Waals surface area contributed by atoms with E-state index < -0.39 is 0 Å². The summed E-state index contributed by atoms with van der Waals surface area (Å²) in [6.07, 6.45) is 7.10. The van der Waals surface area contributed by atoms with Gasteiger partial charge >= 0.3 is 0 Å². The molecular weight excluding hydrogens is 190 g/mol. The first-order valence-corrected chi connectivity index (χ1v) is 6.68. The van der Waals surface area contributed by atoms with Gasteiger partial charge in [0.2, 0.25) is 0 Å². The molecule has 1 saturated carbocycles. The average molecular weight is 215 g/mol. The van der Waals surface area contributed by atoms with Gasteiger partial charge in [0.1, 0.15) is 0 Å². The lowest BCUT2D eigenvalue weighted by atomic mass is 10.1. The van der Waals surface area contributed by atoms with Gasteiger partial charge in [-0.05, 0) is 37.5 Å². The Kier molecular flexibility index (Phi) is 5.95. The number of hydrogen-bond acceptors (Lipinski definition) is 2. The zero-order valence-electron chi connectivity index (χ0n) is 9.71. The van der Waals surface area contributed by atoms with Gasteiger partial charge in [-0.2, -0.15) is 12.6 Å².